The molecule has 0 aromatic carbocycles. The number of nitrogens with zero attached hydrogens (tertiary/aromatic N) is 2. The van der Waals surface area contributed by atoms with Crippen LogP contribution in [0.4, 0.5) is 0 Å². The van der Waals surface area contributed by atoms with E-state index in [0.29, 0.717) is 19.7 Å². The first kappa shape index (κ1) is 15.7. The predicted octanol–water partition coefficient (Wildman–Crippen LogP) is 0.653. The van der Waals surface area contributed by atoms with Crippen LogP contribution in [0.1, 0.15) is 32.1 Å². The summed E-state index contributed by atoms with van der Waals surface area (Å²) < 4.78 is 10.9. The molecule has 1 spiro atoms. The predicted molar refractivity (Wildman–Crippen MR) is 80.3 cm³/mol. The van der Waals surface area contributed by atoms with Crippen LogP contribution in [0, 0.1) is 5.41 Å². The van der Waals surface area contributed by atoms with E-state index in [4.69, 9.17) is 9.47 Å². The Morgan fingerprint density at radius 3 is 2.91 bits per heavy atom. The monoisotopic (exact) mass is 310 g/mol. The first-order valence-electron chi connectivity index (χ1n) is 8.31. The van der Waals surface area contributed by atoms with Gasteiger partial charge in [0.05, 0.1) is 19.8 Å². The summed E-state index contributed by atoms with van der Waals surface area (Å²) in [7, 11) is 1.57. The van der Waals surface area contributed by atoms with E-state index in [2.05, 4.69) is 0 Å². The molecule has 2 saturated heterocycles. The summed E-state index contributed by atoms with van der Waals surface area (Å²) in [6.07, 6.45) is 4.55. The van der Waals surface area contributed by atoms with Gasteiger partial charge in [-0.2, -0.15) is 0 Å². The third-order valence-electron chi connectivity index (χ3n) is 5.09. The Labute approximate surface area is 131 Å². The minimum atomic E-state index is -0.391. The summed E-state index contributed by atoms with van der Waals surface area (Å²) in [5, 5.41) is 0. The fraction of sp³-hybridized carbons (Fsp3) is 0.875. The van der Waals surface area contributed by atoms with Crippen LogP contribution in [0.5, 0.6) is 0 Å². The second-order valence-electron chi connectivity index (χ2n) is 6.85. The SMILES string of the molecule is COC1CCCCN(CC(=O)N2CCOCC3(CC3)C2)C1=O. The van der Waals surface area contributed by atoms with Crippen molar-refractivity contribution in [1.29, 1.82) is 0 Å². The van der Waals surface area contributed by atoms with Crippen molar-refractivity contribution in [3.63, 3.8) is 0 Å². The smallest absolute Gasteiger partial charge is 0.252 e. The summed E-state index contributed by atoms with van der Waals surface area (Å²) in [6.45, 7) is 3.61. The third-order valence-corrected chi connectivity index (χ3v) is 5.09. The summed E-state index contributed by atoms with van der Waals surface area (Å²) in [6, 6.07) is 0. The zero-order valence-corrected chi connectivity index (χ0v) is 13.4. The molecule has 0 radical (unpaired) electrons. The normalized spacial score (nSPS) is 28.4. The van der Waals surface area contributed by atoms with E-state index >= 15 is 0 Å². The van der Waals surface area contributed by atoms with Gasteiger partial charge in [0.2, 0.25) is 5.91 Å². The second kappa shape index (κ2) is 6.54. The van der Waals surface area contributed by atoms with E-state index in [0.717, 1.165) is 45.3 Å². The lowest BCUT2D eigenvalue weighted by Gasteiger charge is -2.28. The standard InChI is InChI=1S/C16H26N2O4/c1-21-13-4-2-3-7-17(15(13)20)10-14(19)18-8-9-22-12-16(11-18)5-6-16/h13H,2-12H2,1H3. The van der Waals surface area contributed by atoms with Gasteiger partial charge >= 0.3 is 0 Å². The molecule has 124 valence electrons. The van der Waals surface area contributed by atoms with E-state index in [9.17, 15) is 9.59 Å². The lowest BCUT2D eigenvalue weighted by Crippen LogP contribution is -2.47. The molecule has 6 nitrogen and oxygen atoms in total. The number of amides is 2. The molecular formula is C16H26N2O4. The van der Waals surface area contributed by atoms with Gasteiger partial charge < -0.3 is 19.3 Å². The minimum absolute atomic E-state index is 0.0412. The van der Waals surface area contributed by atoms with Crippen molar-refractivity contribution in [3.05, 3.63) is 0 Å². The molecule has 0 aromatic heterocycles. The highest BCUT2D eigenvalue weighted by atomic mass is 16.5. The highest BCUT2D eigenvalue weighted by Crippen LogP contribution is 2.47. The quantitative estimate of drug-likeness (QED) is 0.768. The molecule has 0 bridgehead atoms. The zero-order chi connectivity index (χ0) is 15.6. The Kier molecular flexibility index (Phi) is 4.68. The molecule has 22 heavy (non-hydrogen) atoms. The van der Waals surface area contributed by atoms with Crippen molar-refractivity contribution in [2.75, 3.05) is 46.5 Å². The molecule has 0 N–H and O–H groups in total. The van der Waals surface area contributed by atoms with Crippen LogP contribution >= 0.6 is 0 Å². The van der Waals surface area contributed by atoms with Crippen LogP contribution < -0.4 is 0 Å². The Morgan fingerprint density at radius 2 is 2.18 bits per heavy atom. The molecule has 6 heteroatoms. The Morgan fingerprint density at radius 1 is 1.36 bits per heavy atom. The van der Waals surface area contributed by atoms with Crippen molar-refractivity contribution >= 4 is 11.8 Å². The van der Waals surface area contributed by atoms with Gasteiger partial charge in [-0.15, -0.1) is 0 Å². The summed E-state index contributed by atoms with van der Waals surface area (Å²) >= 11 is 0. The van der Waals surface area contributed by atoms with E-state index in [1.54, 1.807) is 12.0 Å². The van der Waals surface area contributed by atoms with Crippen LogP contribution in [-0.2, 0) is 19.1 Å². The summed E-state index contributed by atoms with van der Waals surface area (Å²) in [5.74, 6) is 0.00225. The molecule has 0 aromatic rings. The zero-order valence-electron chi connectivity index (χ0n) is 13.4. The van der Waals surface area contributed by atoms with E-state index < -0.39 is 6.10 Å². The minimum Gasteiger partial charge on any atom is -0.379 e. The topological polar surface area (TPSA) is 59.1 Å². The molecular weight excluding hydrogens is 284 g/mol. The largest absolute Gasteiger partial charge is 0.379 e. The van der Waals surface area contributed by atoms with Crippen LogP contribution in [-0.4, -0.2) is 74.2 Å². The van der Waals surface area contributed by atoms with Crippen LogP contribution in [0.3, 0.4) is 0 Å². The maximum absolute atomic E-state index is 12.6. The summed E-state index contributed by atoms with van der Waals surface area (Å²) in [4.78, 5) is 28.6. The third kappa shape index (κ3) is 3.43. The van der Waals surface area contributed by atoms with Crippen molar-refractivity contribution in [3.8, 4) is 0 Å². The lowest BCUT2D eigenvalue weighted by molar-refractivity contribution is -0.146. The van der Waals surface area contributed by atoms with E-state index in [-0.39, 0.29) is 23.8 Å². The van der Waals surface area contributed by atoms with Crippen LogP contribution in [0.15, 0.2) is 0 Å². The molecule has 3 rings (SSSR count). The van der Waals surface area contributed by atoms with E-state index in [1.165, 1.54) is 0 Å². The van der Waals surface area contributed by atoms with Crippen molar-refractivity contribution in [1.82, 2.24) is 9.80 Å². The van der Waals surface area contributed by atoms with Gasteiger partial charge in [-0.3, -0.25) is 9.59 Å². The fourth-order valence-corrected chi connectivity index (χ4v) is 3.39. The first-order valence-corrected chi connectivity index (χ1v) is 8.31. The molecule has 3 aliphatic rings. The number of hydrogen-bond acceptors (Lipinski definition) is 4. The van der Waals surface area contributed by atoms with Gasteiger partial charge in [0.1, 0.15) is 6.10 Å². The molecule has 1 unspecified atom stereocenters. The Balaban J connectivity index is 1.61. The summed E-state index contributed by atoms with van der Waals surface area (Å²) in [5.41, 5.74) is 0.198. The maximum atomic E-state index is 12.6. The second-order valence-corrected chi connectivity index (χ2v) is 6.85. The fourth-order valence-electron chi connectivity index (χ4n) is 3.39. The number of ether oxygens (including phenoxy) is 2. The van der Waals surface area contributed by atoms with Crippen molar-refractivity contribution in [2.45, 2.75) is 38.2 Å². The average molecular weight is 310 g/mol. The van der Waals surface area contributed by atoms with E-state index in [1.807, 2.05) is 4.90 Å². The number of likely N-dealkylation sites (tertiary alicyclic amines) is 1. The molecule has 2 aliphatic heterocycles. The highest BCUT2D eigenvalue weighted by Gasteiger charge is 2.46. The Bertz CT molecular complexity index is 436. The number of rotatable bonds is 3. The van der Waals surface area contributed by atoms with Gasteiger partial charge in [0.25, 0.3) is 5.91 Å². The van der Waals surface area contributed by atoms with Gasteiger partial charge in [0.15, 0.2) is 0 Å². The van der Waals surface area contributed by atoms with Crippen LogP contribution in [0.25, 0.3) is 0 Å². The molecule has 1 atom stereocenters. The van der Waals surface area contributed by atoms with Gasteiger partial charge in [0, 0.05) is 32.2 Å². The maximum Gasteiger partial charge on any atom is 0.252 e. The number of carbonyl (C=O) groups excluding carboxylic acids is 2. The molecule has 1 saturated carbocycles. The Hall–Kier alpha value is -1.14. The van der Waals surface area contributed by atoms with Gasteiger partial charge in [-0.1, -0.05) is 0 Å². The lowest BCUT2D eigenvalue weighted by atomic mass is 10.1. The molecule has 1 aliphatic carbocycles. The van der Waals surface area contributed by atoms with Crippen molar-refractivity contribution < 1.29 is 19.1 Å². The number of carbonyl (C=O) groups is 2. The highest BCUT2D eigenvalue weighted by molar-refractivity contribution is 5.87. The average Bonchev–Trinajstić information content (AvgIpc) is 3.32. The first-order chi connectivity index (χ1) is 10.6. The molecule has 2 amide bonds. The van der Waals surface area contributed by atoms with Gasteiger partial charge in [-0.05, 0) is 32.1 Å². The molecule has 2 heterocycles. The van der Waals surface area contributed by atoms with Crippen LogP contribution in [0.2, 0.25) is 0 Å². The van der Waals surface area contributed by atoms with Gasteiger partial charge in [-0.25, -0.2) is 0 Å². The number of hydrogen-bond donors (Lipinski definition) is 0. The number of methoxy groups -OCH3 is 1. The van der Waals surface area contributed by atoms with Crippen molar-refractivity contribution in [2.24, 2.45) is 5.41 Å². The molecule has 3 fully saturated rings.